The second-order valence-corrected chi connectivity index (χ2v) is 13.4. The zero-order valence-electron chi connectivity index (χ0n) is 25.3. The molecule has 2 aromatic carbocycles. The highest BCUT2D eigenvalue weighted by atomic mass is 35.5. The molecule has 9 nitrogen and oxygen atoms in total. The van der Waals surface area contributed by atoms with Crippen molar-refractivity contribution in [2.24, 2.45) is 11.8 Å². The number of halogens is 1. The van der Waals surface area contributed by atoms with E-state index in [1.807, 2.05) is 30.5 Å². The first kappa shape index (κ1) is 30.8. The van der Waals surface area contributed by atoms with Crippen molar-refractivity contribution in [3.63, 3.8) is 0 Å². The van der Waals surface area contributed by atoms with Gasteiger partial charge in [-0.2, -0.15) is 0 Å². The monoisotopic (exact) mass is 640 g/mol. The van der Waals surface area contributed by atoms with Crippen LogP contribution < -0.4 is 19.5 Å². The number of benzene rings is 2. The summed E-state index contributed by atoms with van der Waals surface area (Å²) in [4.78, 5) is 45.2. The van der Waals surface area contributed by atoms with Gasteiger partial charge < -0.3 is 29.5 Å². The number of nitrogens with zero attached hydrogens (tertiary/aromatic N) is 1. The Balaban J connectivity index is 1.43. The van der Waals surface area contributed by atoms with Gasteiger partial charge >= 0.3 is 0 Å². The van der Waals surface area contributed by atoms with Crippen molar-refractivity contribution in [2.45, 2.75) is 55.1 Å². The molecule has 5 aliphatic rings. The van der Waals surface area contributed by atoms with E-state index in [1.54, 1.807) is 18.7 Å². The van der Waals surface area contributed by atoms with E-state index in [9.17, 15) is 19.5 Å². The third kappa shape index (κ3) is 4.95. The van der Waals surface area contributed by atoms with Crippen molar-refractivity contribution in [1.29, 1.82) is 0 Å². The number of carbonyl (C=O) groups excluding carboxylic acids is 3. The summed E-state index contributed by atoms with van der Waals surface area (Å²) in [5.41, 5.74) is -1.15. The Morgan fingerprint density at radius 2 is 1.86 bits per heavy atom. The van der Waals surface area contributed by atoms with Gasteiger partial charge in [-0.05, 0) is 55.8 Å². The van der Waals surface area contributed by atoms with E-state index in [-0.39, 0.29) is 64.0 Å². The summed E-state index contributed by atoms with van der Waals surface area (Å²) in [5.74, 6) is -2.25. The van der Waals surface area contributed by atoms with Gasteiger partial charge in [-0.1, -0.05) is 30.7 Å². The first-order chi connectivity index (χ1) is 21.1. The Morgan fingerprint density at radius 3 is 2.45 bits per heavy atom. The van der Waals surface area contributed by atoms with Gasteiger partial charge in [-0.25, -0.2) is 0 Å². The molecule has 3 fully saturated rings. The number of fused-ring (bicyclic) bond motifs is 4. The van der Waals surface area contributed by atoms with Gasteiger partial charge in [-0.3, -0.25) is 14.4 Å². The summed E-state index contributed by atoms with van der Waals surface area (Å²) in [6, 6.07) is 9.12. The summed E-state index contributed by atoms with van der Waals surface area (Å²) >= 11 is 8.18. The maximum Gasteiger partial charge on any atom is 0.231 e. The Bertz CT molecular complexity index is 1540. The van der Waals surface area contributed by atoms with Crippen LogP contribution in [-0.4, -0.2) is 79.2 Å². The highest BCUT2D eigenvalue weighted by Gasteiger charge is 2.61. The lowest BCUT2D eigenvalue weighted by molar-refractivity contribution is -0.123. The number of allylic oxidation sites excluding steroid dienone is 1. The van der Waals surface area contributed by atoms with Crippen molar-refractivity contribution in [3.8, 4) is 17.2 Å². The number of ketones is 2. The van der Waals surface area contributed by atoms with Crippen LogP contribution in [0.5, 0.6) is 17.2 Å². The molecule has 44 heavy (non-hydrogen) atoms. The normalized spacial score (nSPS) is 28.1. The van der Waals surface area contributed by atoms with Gasteiger partial charge in [0.2, 0.25) is 17.3 Å². The molecule has 2 bridgehead atoms. The first-order valence-corrected chi connectivity index (χ1v) is 16.5. The van der Waals surface area contributed by atoms with Gasteiger partial charge in [-0.15, -0.1) is 11.8 Å². The summed E-state index contributed by atoms with van der Waals surface area (Å²) in [7, 11) is 2.85. The molecule has 0 aromatic heterocycles. The van der Waals surface area contributed by atoms with Crippen molar-refractivity contribution in [1.82, 2.24) is 10.2 Å². The molecule has 0 radical (unpaired) electrons. The molecule has 1 amide bonds. The van der Waals surface area contributed by atoms with E-state index in [1.165, 1.54) is 20.3 Å². The van der Waals surface area contributed by atoms with Crippen molar-refractivity contribution in [2.75, 3.05) is 40.1 Å². The molecule has 4 heterocycles. The molecule has 4 atom stereocenters. The Labute approximate surface area is 266 Å². The lowest BCUT2D eigenvalue weighted by Gasteiger charge is -2.45. The number of ether oxygens (including phenoxy) is 3. The number of methoxy groups -OCH3 is 2. The fourth-order valence-corrected chi connectivity index (χ4v) is 8.01. The predicted octanol–water partition coefficient (Wildman–Crippen LogP) is 5.20. The average Bonchev–Trinajstić information content (AvgIpc) is 3.35. The molecular weight excluding hydrogens is 604 g/mol. The largest absolute Gasteiger partial charge is 0.507 e. The maximum atomic E-state index is 14.3. The van der Waals surface area contributed by atoms with E-state index in [4.69, 9.17) is 25.8 Å². The van der Waals surface area contributed by atoms with Gasteiger partial charge in [0, 0.05) is 53.8 Å². The topological polar surface area (TPSA) is 114 Å². The van der Waals surface area contributed by atoms with E-state index < -0.39 is 29.0 Å². The quantitative estimate of drug-likeness (QED) is 0.376. The second-order valence-electron chi connectivity index (χ2n) is 12.1. The molecule has 0 saturated carbocycles. The third-order valence-electron chi connectivity index (χ3n) is 9.77. The van der Waals surface area contributed by atoms with Crippen LogP contribution in [0, 0.1) is 11.8 Å². The minimum Gasteiger partial charge on any atom is -0.507 e. The van der Waals surface area contributed by atoms with Gasteiger partial charge in [0.15, 0.2) is 17.3 Å². The number of aliphatic hydroxyl groups excluding tert-OH is 1. The van der Waals surface area contributed by atoms with Crippen molar-refractivity contribution >= 4 is 40.8 Å². The number of hydrogen-bond acceptors (Lipinski definition) is 9. The number of thioether (sulfide) groups is 1. The minimum absolute atomic E-state index is 0.00674. The molecular formula is C33H37ClN2O7S. The highest BCUT2D eigenvalue weighted by molar-refractivity contribution is 7.98. The average molecular weight is 641 g/mol. The number of amides is 1. The zero-order chi connectivity index (χ0) is 31.3. The smallest absolute Gasteiger partial charge is 0.231 e. The standard InChI is InChI=1S/C33H37ClN2O7S/c1-17-13-23(37)27(31(39)33(17)32(40)28-24(41-2)15-25(42-3)29(34)30(28)43-33)21(18-5-7-20(44-4)8-6-18)14-26(38)35-22-16-36-11-9-19(22)10-12-36/h5-8,15,17,19,21-22,39H,9-14,16H2,1-4H3,(H,35,38)/t17-,21?,22?,33+/m1/s1. The molecule has 1 spiro atoms. The van der Waals surface area contributed by atoms with Gasteiger partial charge in [0.1, 0.15) is 22.1 Å². The predicted molar refractivity (Wildman–Crippen MR) is 167 cm³/mol. The van der Waals surface area contributed by atoms with Crippen LogP contribution in [-0.2, 0) is 9.59 Å². The maximum absolute atomic E-state index is 14.3. The molecule has 234 valence electrons. The number of hydrogen-bond donors (Lipinski definition) is 2. The number of nitrogens with one attached hydrogen (secondary N) is 1. The second kappa shape index (κ2) is 11.9. The number of rotatable bonds is 8. The summed E-state index contributed by atoms with van der Waals surface area (Å²) in [6.45, 7) is 4.60. The molecule has 7 rings (SSSR count). The van der Waals surface area contributed by atoms with Crippen LogP contribution in [0.25, 0.3) is 0 Å². The van der Waals surface area contributed by atoms with Crippen LogP contribution in [0.15, 0.2) is 46.6 Å². The lowest BCUT2D eigenvalue weighted by atomic mass is 9.69. The van der Waals surface area contributed by atoms with Crippen LogP contribution in [0.1, 0.15) is 54.4 Å². The zero-order valence-corrected chi connectivity index (χ0v) is 26.8. The Hall–Kier alpha value is -3.21. The SMILES string of the molecule is COc1cc(OC)c2c(c1Cl)O[C@]1(C2=O)C(O)=C(C(CC(=O)NC2CN3CCC2CC3)c2ccc(SC)cc2)C(=O)C[C@H]1C. The fourth-order valence-electron chi connectivity index (χ4n) is 7.34. The Kier molecular flexibility index (Phi) is 8.36. The van der Waals surface area contributed by atoms with Gasteiger partial charge in [0.05, 0.1) is 14.2 Å². The number of Topliss-reactive ketones (excluding diaryl/α,β-unsaturated/α-hetero) is 2. The summed E-state index contributed by atoms with van der Waals surface area (Å²) < 4.78 is 17.2. The van der Waals surface area contributed by atoms with Crippen LogP contribution >= 0.6 is 23.4 Å². The summed E-state index contributed by atoms with van der Waals surface area (Å²) in [6.07, 6.45) is 3.92. The molecule has 2 unspecified atom stereocenters. The van der Waals surface area contributed by atoms with Crippen LogP contribution in [0.4, 0.5) is 0 Å². The van der Waals surface area contributed by atoms with E-state index in [2.05, 4.69) is 10.2 Å². The molecule has 3 saturated heterocycles. The van der Waals surface area contributed by atoms with Crippen molar-refractivity contribution < 1.29 is 33.7 Å². The molecule has 1 aliphatic carbocycles. The summed E-state index contributed by atoms with van der Waals surface area (Å²) in [5, 5.41) is 15.4. The lowest BCUT2D eigenvalue weighted by Crippen LogP contribution is -2.57. The fraction of sp³-hybridized carbons (Fsp3) is 0.485. The van der Waals surface area contributed by atoms with E-state index >= 15 is 0 Å². The molecule has 11 heteroatoms. The molecule has 4 aliphatic heterocycles. The first-order valence-electron chi connectivity index (χ1n) is 14.9. The third-order valence-corrected chi connectivity index (χ3v) is 10.9. The van der Waals surface area contributed by atoms with E-state index in [0.29, 0.717) is 11.5 Å². The van der Waals surface area contributed by atoms with Crippen LogP contribution in [0.2, 0.25) is 5.02 Å². The highest BCUT2D eigenvalue weighted by Crippen LogP contribution is 2.55. The molecule has 2 N–H and O–H groups in total. The molecule has 2 aromatic rings. The van der Waals surface area contributed by atoms with E-state index in [0.717, 1.165) is 37.4 Å². The Morgan fingerprint density at radius 1 is 1.18 bits per heavy atom. The minimum atomic E-state index is -1.92. The van der Waals surface area contributed by atoms with Crippen LogP contribution in [0.3, 0.4) is 0 Å². The van der Waals surface area contributed by atoms with Gasteiger partial charge in [0.25, 0.3) is 0 Å². The number of piperidine rings is 3. The number of aliphatic hydroxyl groups is 1. The van der Waals surface area contributed by atoms with Crippen molar-refractivity contribution in [3.05, 3.63) is 57.8 Å². The number of carbonyl (C=O) groups is 3.